The minimum Gasteiger partial charge on any atom is -0.406 e. The number of hydrogen-bond acceptors (Lipinski definition) is 2. The summed E-state index contributed by atoms with van der Waals surface area (Å²) in [4.78, 5) is 0. The van der Waals surface area contributed by atoms with Crippen molar-refractivity contribution >= 4 is 40.3 Å². The van der Waals surface area contributed by atoms with Gasteiger partial charge in [0.1, 0.15) is 5.75 Å². The molecule has 3 nitrogen and oxygen atoms in total. The van der Waals surface area contributed by atoms with Crippen LogP contribution < -0.4 is 15.4 Å². The number of hydrogen-bond donors (Lipinski definition) is 2. The molecule has 0 atom stereocenters. The van der Waals surface area contributed by atoms with Crippen molar-refractivity contribution in [3.05, 3.63) is 53.1 Å². The molecule has 0 aromatic heterocycles. The number of alkyl halides is 3. The van der Waals surface area contributed by atoms with Crippen molar-refractivity contribution in [2.75, 3.05) is 10.6 Å². The van der Waals surface area contributed by atoms with Gasteiger partial charge in [-0.2, -0.15) is 0 Å². The smallest absolute Gasteiger partial charge is 0.406 e. The highest BCUT2D eigenvalue weighted by Crippen LogP contribution is 2.27. The average Bonchev–Trinajstić information content (AvgIpc) is 2.41. The molecule has 8 heteroatoms. The second kappa shape index (κ2) is 7.06. The third-order valence-corrected chi connectivity index (χ3v) is 3.31. The zero-order valence-corrected chi connectivity index (χ0v) is 13.4. The lowest BCUT2D eigenvalue weighted by atomic mass is 10.2. The quantitative estimate of drug-likeness (QED) is 0.722. The van der Waals surface area contributed by atoms with E-state index >= 15 is 0 Å². The van der Waals surface area contributed by atoms with Gasteiger partial charge in [-0.3, -0.25) is 0 Å². The lowest BCUT2D eigenvalue weighted by Crippen LogP contribution is -2.20. The minimum atomic E-state index is -4.74. The second-order valence-electron chi connectivity index (χ2n) is 4.59. The Morgan fingerprint density at radius 2 is 1.83 bits per heavy atom. The van der Waals surface area contributed by atoms with Gasteiger partial charge in [-0.1, -0.05) is 29.8 Å². The van der Waals surface area contributed by atoms with E-state index in [1.165, 1.54) is 18.2 Å². The largest absolute Gasteiger partial charge is 0.573 e. The monoisotopic (exact) mass is 360 g/mol. The number of para-hydroxylation sites is 1. The van der Waals surface area contributed by atoms with Crippen LogP contribution in [0.15, 0.2) is 42.5 Å². The highest BCUT2D eigenvalue weighted by Gasteiger charge is 2.31. The van der Waals surface area contributed by atoms with Crippen molar-refractivity contribution < 1.29 is 17.9 Å². The molecule has 0 aliphatic heterocycles. The summed E-state index contributed by atoms with van der Waals surface area (Å²) in [6, 6.07) is 10.8. The third kappa shape index (κ3) is 5.30. The predicted molar refractivity (Wildman–Crippen MR) is 89.2 cm³/mol. The topological polar surface area (TPSA) is 33.3 Å². The number of thiocarbonyl (C=S) groups is 1. The maximum atomic E-state index is 12.2. The van der Waals surface area contributed by atoms with Crippen LogP contribution in [0.5, 0.6) is 5.75 Å². The summed E-state index contributed by atoms with van der Waals surface area (Å²) in [6.45, 7) is 1.86. The van der Waals surface area contributed by atoms with Crippen LogP contribution in [0, 0.1) is 6.92 Å². The first-order valence-electron chi connectivity index (χ1n) is 6.43. The van der Waals surface area contributed by atoms with E-state index in [1.54, 1.807) is 18.2 Å². The van der Waals surface area contributed by atoms with Gasteiger partial charge in [0.15, 0.2) is 5.11 Å². The van der Waals surface area contributed by atoms with E-state index in [1.807, 2.05) is 13.0 Å². The van der Waals surface area contributed by atoms with Crippen LogP contribution in [0.1, 0.15) is 5.56 Å². The van der Waals surface area contributed by atoms with E-state index < -0.39 is 6.36 Å². The van der Waals surface area contributed by atoms with Gasteiger partial charge < -0.3 is 15.4 Å². The SMILES string of the molecule is Cc1cccc(Cl)c1NC(=S)Nc1cccc(OC(F)(F)F)c1. The highest BCUT2D eigenvalue weighted by atomic mass is 35.5. The summed E-state index contributed by atoms with van der Waals surface area (Å²) >= 11 is 11.2. The zero-order valence-electron chi connectivity index (χ0n) is 11.9. The lowest BCUT2D eigenvalue weighted by molar-refractivity contribution is -0.274. The normalized spacial score (nSPS) is 11.0. The molecular weight excluding hydrogens is 349 g/mol. The Bertz CT molecular complexity index is 702. The minimum absolute atomic E-state index is 0.199. The van der Waals surface area contributed by atoms with Crippen LogP contribution >= 0.6 is 23.8 Å². The van der Waals surface area contributed by atoms with Crippen molar-refractivity contribution in [1.82, 2.24) is 0 Å². The maximum absolute atomic E-state index is 12.2. The summed E-state index contributed by atoms with van der Waals surface area (Å²) < 4.78 is 40.5. The van der Waals surface area contributed by atoms with Crippen LogP contribution in [0.2, 0.25) is 5.02 Å². The Morgan fingerprint density at radius 3 is 2.48 bits per heavy atom. The first kappa shape index (κ1) is 17.4. The van der Waals surface area contributed by atoms with Crippen LogP contribution in [-0.4, -0.2) is 11.5 Å². The van der Waals surface area contributed by atoms with Crippen LogP contribution in [0.4, 0.5) is 24.5 Å². The molecule has 0 fully saturated rings. The first-order valence-corrected chi connectivity index (χ1v) is 7.22. The van der Waals surface area contributed by atoms with Crippen LogP contribution in [0.25, 0.3) is 0 Å². The van der Waals surface area contributed by atoms with E-state index in [0.717, 1.165) is 5.56 Å². The van der Waals surface area contributed by atoms with Gasteiger partial charge >= 0.3 is 6.36 Å². The summed E-state index contributed by atoms with van der Waals surface area (Å²) in [5, 5.41) is 6.39. The van der Waals surface area contributed by atoms with Crippen molar-refractivity contribution in [2.24, 2.45) is 0 Å². The van der Waals surface area contributed by atoms with Crippen LogP contribution in [0.3, 0.4) is 0 Å². The Balaban J connectivity index is 2.07. The molecule has 0 saturated heterocycles. The lowest BCUT2D eigenvalue weighted by Gasteiger charge is -2.15. The summed E-state index contributed by atoms with van der Waals surface area (Å²) in [7, 11) is 0. The molecule has 0 spiro atoms. The number of aryl methyl sites for hydroxylation is 1. The van der Waals surface area contributed by atoms with Gasteiger partial charge in [-0.25, -0.2) is 0 Å². The number of ether oxygens (including phenoxy) is 1. The molecule has 23 heavy (non-hydrogen) atoms. The fourth-order valence-electron chi connectivity index (χ4n) is 1.84. The van der Waals surface area contributed by atoms with E-state index in [9.17, 15) is 13.2 Å². The first-order chi connectivity index (χ1) is 10.7. The molecule has 0 saturated carbocycles. The van der Waals surface area contributed by atoms with Gasteiger partial charge in [0.25, 0.3) is 0 Å². The molecule has 0 unspecified atom stereocenters. The summed E-state index contributed by atoms with van der Waals surface area (Å²) in [6.07, 6.45) is -4.74. The molecular formula is C15H12ClF3N2OS. The van der Waals surface area contributed by atoms with Gasteiger partial charge in [0.05, 0.1) is 10.7 Å². The third-order valence-electron chi connectivity index (χ3n) is 2.79. The van der Waals surface area contributed by atoms with Gasteiger partial charge in [0.2, 0.25) is 0 Å². The maximum Gasteiger partial charge on any atom is 0.573 e. The summed E-state index contributed by atoms with van der Waals surface area (Å²) in [5.41, 5.74) is 1.87. The zero-order chi connectivity index (χ0) is 17.0. The molecule has 0 aliphatic rings. The Morgan fingerprint density at radius 1 is 1.13 bits per heavy atom. The number of nitrogens with one attached hydrogen (secondary N) is 2. The van der Waals surface area contributed by atoms with Gasteiger partial charge in [0, 0.05) is 11.8 Å². The number of anilines is 2. The molecule has 122 valence electrons. The fourth-order valence-corrected chi connectivity index (χ4v) is 2.33. The molecule has 2 aromatic carbocycles. The molecule has 2 rings (SSSR count). The van der Waals surface area contributed by atoms with Crippen molar-refractivity contribution in [2.45, 2.75) is 13.3 Å². The van der Waals surface area contributed by atoms with E-state index in [-0.39, 0.29) is 10.9 Å². The number of rotatable bonds is 3. The highest BCUT2D eigenvalue weighted by molar-refractivity contribution is 7.80. The Hall–Kier alpha value is -1.99. The van der Waals surface area contributed by atoms with Gasteiger partial charge in [-0.15, -0.1) is 13.2 Å². The van der Waals surface area contributed by atoms with Crippen LogP contribution in [-0.2, 0) is 0 Å². The predicted octanol–water partition coefficient (Wildman–Crippen LogP) is 5.36. The van der Waals surface area contributed by atoms with Crippen molar-refractivity contribution in [1.29, 1.82) is 0 Å². The second-order valence-corrected chi connectivity index (χ2v) is 5.40. The fraction of sp³-hybridized carbons (Fsp3) is 0.133. The number of benzene rings is 2. The van der Waals surface area contributed by atoms with Crippen molar-refractivity contribution in [3.63, 3.8) is 0 Å². The molecule has 2 aromatic rings. The molecule has 0 radical (unpaired) electrons. The molecule has 2 N–H and O–H groups in total. The number of halogens is 4. The Labute approximate surface area is 141 Å². The van der Waals surface area contributed by atoms with Crippen molar-refractivity contribution in [3.8, 4) is 5.75 Å². The van der Waals surface area contributed by atoms with Gasteiger partial charge in [-0.05, 0) is 42.9 Å². The molecule has 0 bridgehead atoms. The van der Waals surface area contributed by atoms with E-state index in [2.05, 4.69) is 15.4 Å². The Kier molecular flexibility index (Phi) is 5.33. The molecule has 0 heterocycles. The van der Waals surface area contributed by atoms with E-state index in [4.69, 9.17) is 23.8 Å². The molecule has 0 amide bonds. The van der Waals surface area contributed by atoms with E-state index in [0.29, 0.717) is 16.4 Å². The standard InChI is InChI=1S/C15H12ClF3N2OS/c1-9-4-2-7-12(16)13(9)21-14(23)20-10-5-3-6-11(8-10)22-15(17,18)19/h2-8H,1H3,(H2,20,21,23). The average molecular weight is 361 g/mol. The summed E-state index contributed by atoms with van der Waals surface area (Å²) in [5.74, 6) is -0.334. The molecule has 0 aliphatic carbocycles.